The second kappa shape index (κ2) is 12.3. The molecule has 194 valence electrons. The molecule has 1 aromatic rings. The molecule has 0 spiro atoms. The number of aliphatic imine (C=N–C) groups is 1. The zero-order valence-electron chi connectivity index (χ0n) is 16.9. The van der Waals surface area contributed by atoms with Crippen LogP contribution in [-0.4, -0.2) is 53.6 Å². The van der Waals surface area contributed by atoms with Gasteiger partial charge in [-0.15, -0.1) is 0 Å². The summed E-state index contributed by atoms with van der Waals surface area (Å²) in [7, 11) is 0. The van der Waals surface area contributed by atoms with Crippen molar-refractivity contribution in [1.29, 1.82) is 0 Å². The summed E-state index contributed by atoms with van der Waals surface area (Å²) < 4.78 is 102. The number of carboxylic acid groups (broad SMARTS) is 2. The number of rotatable bonds is 2. The molecule has 8 nitrogen and oxygen atoms in total. The smallest absolute Gasteiger partial charge is 0.475 e. The molecule has 0 aromatic heterocycles. The number of carbonyl (C=O) groups is 2. The van der Waals surface area contributed by atoms with Crippen LogP contribution in [0.3, 0.4) is 0 Å². The van der Waals surface area contributed by atoms with Crippen molar-refractivity contribution in [1.82, 2.24) is 5.32 Å². The lowest BCUT2D eigenvalue weighted by Gasteiger charge is -2.24. The molecule has 1 fully saturated rings. The summed E-state index contributed by atoms with van der Waals surface area (Å²) in [6, 6.07) is 3.79. The summed E-state index contributed by atoms with van der Waals surface area (Å²) in [6.45, 7) is 1.61. The summed E-state index contributed by atoms with van der Waals surface area (Å²) >= 11 is 0. The standard InChI is InChI=1S/C13H17F3N4.2C2HF3O2/c14-13(15,16)10-5-9(8-1-3-19-4-2-8)6-11(7-10)20-12(17)18;2*3-2(4,5)1(6)7/h5-8,19H,1-4H2,(H4,17,18,20);2*(H,6,7). The van der Waals surface area contributed by atoms with Crippen LogP contribution in [0.25, 0.3) is 0 Å². The van der Waals surface area contributed by atoms with Gasteiger partial charge in [-0.2, -0.15) is 39.5 Å². The third-order valence-corrected chi connectivity index (χ3v) is 3.82. The van der Waals surface area contributed by atoms with Gasteiger partial charge < -0.3 is 27.0 Å². The number of carboxylic acids is 2. The van der Waals surface area contributed by atoms with Crippen LogP contribution in [-0.2, 0) is 15.8 Å². The Hall–Kier alpha value is -3.24. The lowest BCUT2D eigenvalue weighted by atomic mass is 9.89. The first-order valence-electron chi connectivity index (χ1n) is 8.88. The Morgan fingerprint density at radius 3 is 1.59 bits per heavy atom. The third-order valence-electron chi connectivity index (χ3n) is 3.82. The highest BCUT2D eigenvalue weighted by Crippen LogP contribution is 2.36. The van der Waals surface area contributed by atoms with Crippen molar-refractivity contribution in [2.24, 2.45) is 16.5 Å². The van der Waals surface area contributed by atoms with Crippen molar-refractivity contribution in [2.75, 3.05) is 13.1 Å². The minimum atomic E-state index is -5.08. The molecule has 1 aliphatic heterocycles. The largest absolute Gasteiger partial charge is 0.490 e. The number of halogens is 9. The van der Waals surface area contributed by atoms with Crippen LogP contribution in [0.2, 0.25) is 0 Å². The lowest BCUT2D eigenvalue weighted by Crippen LogP contribution is -2.26. The van der Waals surface area contributed by atoms with Crippen LogP contribution in [0.15, 0.2) is 23.2 Å². The van der Waals surface area contributed by atoms with Crippen LogP contribution >= 0.6 is 0 Å². The van der Waals surface area contributed by atoms with E-state index >= 15 is 0 Å². The van der Waals surface area contributed by atoms with E-state index in [1.54, 1.807) is 6.07 Å². The maximum atomic E-state index is 12.9. The van der Waals surface area contributed by atoms with Gasteiger partial charge in [-0.05, 0) is 55.6 Å². The van der Waals surface area contributed by atoms with Crippen LogP contribution in [0.1, 0.15) is 29.9 Å². The number of nitrogens with two attached hydrogens (primary N) is 2. The quantitative estimate of drug-likeness (QED) is 0.231. The van der Waals surface area contributed by atoms with Crippen molar-refractivity contribution >= 4 is 23.6 Å². The molecule has 0 unspecified atom stereocenters. The van der Waals surface area contributed by atoms with E-state index in [0.717, 1.165) is 32.0 Å². The average molecular weight is 514 g/mol. The second-order valence-corrected chi connectivity index (χ2v) is 6.48. The molecule has 1 heterocycles. The normalized spacial score (nSPS) is 14.6. The van der Waals surface area contributed by atoms with Crippen LogP contribution in [0, 0.1) is 0 Å². The van der Waals surface area contributed by atoms with E-state index in [4.69, 9.17) is 31.3 Å². The molecular formula is C17H19F9N4O4. The number of piperidine rings is 1. The number of benzene rings is 1. The van der Waals surface area contributed by atoms with E-state index in [1.807, 2.05) is 0 Å². The zero-order valence-corrected chi connectivity index (χ0v) is 16.9. The number of hydrogen-bond donors (Lipinski definition) is 5. The van der Waals surface area contributed by atoms with Crippen molar-refractivity contribution in [3.8, 4) is 0 Å². The van der Waals surface area contributed by atoms with E-state index < -0.39 is 36.0 Å². The Balaban J connectivity index is 0.000000642. The predicted octanol–water partition coefficient (Wildman–Crippen LogP) is 3.34. The molecule has 0 amide bonds. The van der Waals surface area contributed by atoms with Crippen LogP contribution in [0.5, 0.6) is 0 Å². The number of guanidine groups is 1. The zero-order chi connectivity index (χ0) is 26.9. The first-order chi connectivity index (χ1) is 15.2. The summed E-state index contributed by atoms with van der Waals surface area (Å²) in [5, 5.41) is 17.4. The highest BCUT2D eigenvalue weighted by atomic mass is 19.4. The Morgan fingerprint density at radius 1 is 0.853 bits per heavy atom. The van der Waals surface area contributed by atoms with Crippen molar-refractivity contribution in [3.05, 3.63) is 29.3 Å². The monoisotopic (exact) mass is 514 g/mol. The van der Waals surface area contributed by atoms with Gasteiger partial charge in [-0.3, -0.25) is 0 Å². The maximum absolute atomic E-state index is 12.9. The highest BCUT2D eigenvalue weighted by molar-refractivity contribution is 5.79. The van der Waals surface area contributed by atoms with E-state index in [2.05, 4.69) is 10.3 Å². The van der Waals surface area contributed by atoms with Gasteiger partial charge in [-0.25, -0.2) is 14.6 Å². The molecule has 1 aromatic carbocycles. The number of aliphatic carboxylic acids is 2. The Morgan fingerprint density at radius 2 is 1.26 bits per heavy atom. The molecule has 0 saturated carbocycles. The number of hydrogen-bond acceptors (Lipinski definition) is 4. The van der Waals surface area contributed by atoms with Gasteiger partial charge in [0.25, 0.3) is 0 Å². The molecule has 34 heavy (non-hydrogen) atoms. The Labute approximate surface area is 185 Å². The van der Waals surface area contributed by atoms with Crippen molar-refractivity contribution in [3.63, 3.8) is 0 Å². The molecule has 0 atom stereocenters. The van der Waals surface area contributed by atoms with Gasteiger partial charge in [0.15, 0.2) is 5.96 Å². The Kier molecular flexibility index (Phi) is 11.1. The number of nitrogens with zero attached hydrogens (tertiary/aromatic N) is 1. The minimum absolute atomic E-state index is 0.103. The minimum Gasteiger partial charge on any atom is -0.475 e. The molecule has 2 rings (SSSR count). The van der Waals surface area contributed by atoms with E-state index in [0.29, 0.717) is 5.56 Å². The molecule has 1 saturated heterocycles. The first kappa shape index (κ1) is 30.8. The van der Waals surface area contributed by atoms with Gasteiger partial charge in [0, 0.05) is 0 Å². The predicted molar refractivity (Wildman–Crippen MR) is 99.1 cm³/mol. The van der Waals surface area contributed by atoms with Crippen molar-refractivity contribution in [2.45, 2.75) is 37.3 Å². The summed E-state index contributed by atoms with van der Waals surface area (Å²) in [5.41, 5.74) is 10.6. The molecule has 0 aliphatic carbocycles. The fraction of sp³-hybridized carbons (Fsp3) is 0.471. The van der Waals surface area contributed by atoms with Gasteiger partial charge in [0.1, 0.15) is 0 Å². The third kappa shape index (κ3) is 12.1. The molecule has 0 radical (unpaired) electrons. The molecule has 7 N–H and O–H groups in total. The van der Waals surface area contributed by atoms with Crippen LogP contribution < -0.4 is 16.8 Å². The lowest BCUT2D eigenvalue weighted by molar-refractivity contribution is -0.193. The van der Waals surface area contributed by atoms with Crippen LogP contribution in [0.4, 0.5) is 45.2 Å². The summed E-state index contributed by atoms with van der Waals surface area (Å²) in [5.74, 6) is -5.66. The molecule has 1 aliphatic rings. The fourth-order valence-corrected chi connectivity index (χ4v) is 2.40. The van der Waals surface area contributed by atoms with E-state index in [9.17, 15) is 39.5 Å². The topological polar surface area (TPSA) is 151 Å². The average Bonchev–Trinajstić information content (AvgIpc) is 2.66. The molecule has 0 bridgehead atoms. The summed E-state index contributed by atoms with van der Waals surface area (Å²) in [4.78, 5) is 21.5. The van der Waals surface area contributed by atoms with E-state index in [-0.39, 0.29) is 17.6 Å². The molecular weight excluding hydrogens is 495 g/mol. The number of nitrogens with one attached hydrogen (secondary N) is 1. The number of alkyl halides is 9. The van der Waals surface area contributed by atoms with E-state index in [1.165, 1.54) is 6.07 Å². The van der Waals surface area contributed by atoms with Crippen molar-refractivity contribution < 1.29 is 59.3 Å². The molecule has 17 heteroatoms. The second-order valence-electron chi connectivity index (χ2n) is 6.48. The van der Waals surface area contributed by atoms with Gasteiger partial charge in [-0.1, -0.05) is 0 Å². The van der Waals surface area contributed by atoms with Gasteiger partial charge in [0.05, 0.1) is 11.3 Å². The fourth-order valence-electron chi connectivity index (χ4n) is 2.40. The van der Waals surface area contributed by atoms with Gasteiger partial charge in [0.2, 0.25) is 0 Å². The maximum Gasteiger partial charge on any atom is 0.490 e. The Bertz CT molecular complexity index is 834. The SMILES string of the molecule is NC(N)=Nc1cc(C2CCNCC2)cc(C(F)(F)F)c1.O=C(O)C(F)(F)F.O=C(O)C(F)(F)F. The highest BCUT2D eigenvalue weighted by Gasteiger charge is 2.39. The summed E-state index contributed by atoms with van der Waals surface area (Å²) in [6.07, 6.45) is -13.0. The van der Waals surface area contributed by atoms with Gasteiger partial charge >= 0.3 is 30.5 Å². The first-order valence-corrected chi connectivity index (χ1v) is 8.88.